The highest BCUT2D eigenvalue weighted by Gasteiger charge is 2.20. The molecule has 1 fully saturated rings. The fourth-order valence-electron chi connectivity index (χ4n) is 1.83. The van der Waals surface area contributed by atoms with Gasteiger partial charge in [0.25, 0.3) is 5.97 Å². The smallest absolute Gasteiger partial charge is 0.451 e. The van der Waals surface area contributed by atoms with Crippen LogP contribution in [-0.4, -0.2) is 71.0 Å². The standard InChI is InChI=1S/C7H16N2O.C4H11BO2.C2H4O2/c8-2-4-9-3-1-7(5-9)6-10;1-2-3-4-5(6)7;1-2(3)4/h7,10H,1-6,8H2;6-7H,2-4H2,1H3;1H3,(H,3,4). The number of carboxylic acid groups (broad SMARTS) is 1. The molecule has 1 aliphatic heterocycles. The number of nitrogens with two attached hydrogens (primary N) is 1. The topological polar surface area (TPSA) is 127 Å². The summed E-state index contributed by atoms with van der Waals surface area (Å²) in [4.78, 5) is 11.3. The van der Waals surface area contributed by atoms with Crippen LogP contribution in [0.25, 0.3) is 0 Å². The van der Waals surface area contributed by atoms with Crippen LogP contribution in [0.5, 0.6) is 0 Å². The number of aliphatic carboxylic acids is 1. The molecule has 1 unspecified atom stereocenters. The molecule has 1 saturated heterocycles. The van der Waals surface area contributed by atoms with Crippen molar-refractivity contribution in [2.75, 3.05) is 32.8 Å². The van der Waals surface area contributed by atoms with Gasteiger partial charge in [-0.15, -0.1) is 0 Å². The number of likely N-dealkylation sites (tertiary alicyclic amines) is 1. The molecule has 0 aromatic rings. The van der Waals surface area contributed by atoms with Crippen molar-refractivity contribution < 1.29 is 25.1 Å². The zero-order chi connectivity index (χ0) is 16.7. The summed E-state index contributed by atoms with van der Waals surface area (Å²) in [5.41, 5.74) is 5.39. The van der Waals surface area contributed by atoms with Crippen molar-refractivity contribution in [2.45, 2.75) is 39.4 Å². The zero-order valence-electron chi connectivity index (χ0n) is 13.2. The van der Waals surface area contributed by atoms with Gasteiger partial charge in [-0.3, -0.25) is 4.79 Å². The SMILES string of the molecule is CC(=O)O.CCCCB(O)O.NCCN1CCC(CO)C1. The van der Waals surface area contributed by atoms with Crippen LogP contribution in [-0.2, 0) is 4.79 Å². The third-order valence-electron chi connectivity index (χ3n) is 2.89. The van der Waals surface area contributed by atoms with E-state index in [0.717, 1.165) is 52.4 Å². The number of rotatable bonds is 6. The van der Waals surface area contributed by atoms with Gasteiger partial charge in [-0.2, -0.15) is 0 Å². The number of carboxylic acids is 1. The minimum Gasteiger partial charge on any atom is -0.481 e. The van der Waals surface area contributed by atoms with E-state index in [4.69, 9.17) is 30.8 Å². The van der Waals surface area contributed by atoms with Crippen LogP contribution in [0.1, 0.15) is 33.1 Å². The number of hydrogen-bond acceptors (Lipinski definition) is 6. The van der Waals surface area contributed by atoms with Gasteiger partial charge in [0, 0.05) is 33.2 Å². The summed E-state index contributed by atoms with van der Waals surface area (Å²) < 4.78 is 0. The predicted molar refractivity (Wildman–Crippen MR) is 83.9 cm³/mol. The lowest BCUT2D eigenvalue weighted by atomic mass is 9.84. The highest BCUT2D eigenvalue weighted by Crippen LogP contribution is 2.13. The van der Waals surface area contributed by atoms with Gasteiger partial charge in [0.2, 0.25) is 0 Å². The van der Waals surface area contributed by atoms with Crippen molar-refractivity contribution >= 4 is 13.1 Å². The molecule has 0 bridgehead atoms. The Bertz CT molecular complexity index is 241. The third kappa shape index (κ3) is 19.3. The van der Waals surface area contributed by atoms with Crippen LogP contribution in [0.2, 0.25) is 6.32 Å². The quantitative estimate of drug-likeness (QED) is 0.423. The molecule has 0 spiro atoms. The second kappa shape index (κ2) is 15.7. The van der Waals surface area contributed by atoms with E-state index in [9.17, 15) is 0 Å². The summed E-state index contributed by atoms with van der Waals surface area (Å²) in [5, 5.41) is 32.7. The molecule has 126 valence electrons. The molecule has 0 saturated carbocycles. The van der Waals surface area contributed by atoms with Gasteiger partial charge < -0.3 is 30.9 Å². The number of unbranched alkanes of at least 4 members (excludes halogenated alkanes) is 1. The molecule has 1 rings (SSSR count). The highest BCUT2D eigenvalue weighted by atomic mass is 16.4. The Morgan fingerprint density at radius 1 is 1.43 bits per heavy atom. The first-order valence-corrected chi connectivity index (χ1v) is 7.46. The Morgan fingerprint density at radius 3 is 2.29 bits per heavy atom. The lowest BCUT2D eigenvalue weighted by Crippen LogP contribution is -2.27. The minimum absolute atomic E-state index is 0.334. The van der Waals surface area contributed by atoms with Gasteiger partial charge in [0.05, 0.1) is 0 Å². The van der Waals surface area contributed by atoms with Gasteiger partial charge >= 0.3 is 7.12 Å². The lowest BCUT2D eigenvalue weighted by Gasteiger charge is -2.12. The molecule has 0 aromatic heterocycles. The van der Waals surface area contributed by atoms with Crippen LogP contribution in [0.3, 0.4) is 0 Å². The fourth-order valence-corrected chi connectivity index (χ4v) is 1.83. The van der Waals surface area contributed by atoms with E-state index in [2.05, 4.69) is 4.90 Å². The number of aliphatic hydroxyl groups is 1. The largest absolute Gasteiger partial charge is 0.481 e. The van der Waals surface area contributed by atoms with Crippen molar-refractivity contribution in [3.8, 4) is 0 Å². The Kier molecular flexibility index (Phi) is 16.9. The predicted octanol–water partition coefficient (Wildman–Crippen LogP) is -0.390. The number of hydrogen-bond donors (Lipinski definition) is 5. The average molecular weight is 306 g/mol. The number of nitrogens with zero attached hydrogens (tertiary/aromatic N) is 1. The monoisotopic (exact) mass is 306 g/mol. The van der Waals surface area contributed by atoms with Crippen molar-refractivity contribution in [2.24, 2.45) is 11.7 Å². The Hall–Kier alpha value is -0.665. The molecule has 6 N–H and O–H groups in total. The van der Waals surface area contributed by atoms with E-state index < -0.39 is 13.1 Å². The van der Waals surface area contributed by atoms with Gasteiger partial charge in [0.15, 0.2) is 0 Å². The highest BCUT2D eigenvalue weighted by molar-refractivity contribution is 6.40. The molecule has 1 heterocycles. The summed E-state index contributed by atoms with van der Waals surface area (Å²) in [5.74, 6) is -0.327. The second-order valence-corrected chi connectivity index (χ2v) is 5.07. The molecule has 8 heteroatoms. The number of carbonyl (C=O) groups is 1. The molecule has 0 radical (unpaired) electrons. The molecule has 1 aliphatic rings. The molecule has 0 aromatic carbocycles. The van der Waals surface area contributed by atoms with E-state index in [0.29, 0.717) is 18.8 Å². The van der Waals surface area contributed by atoms with Crippen LogP contribution in [0.15, 0.2) is 0 Å². The molecular formula is C13H31BN2O5. The zero-order valence-corrected chi connectivity index (χ0v) is 13.2. The van der Waals surface area contributed by atoms with Crippen molar-refractivity contribution in [1.29, 1.82) is 0 Å². The third-order valence-corrected chi connectivity index (χ3v) is 2.89. The summed E-state index contributed by atoms with van der Waals surface area (Å²) in [6.07, 6.45) is 3.57. The fraction of sp³-hybridized carbons (Fsp3) is 0.923. The van der Waals surface area contributed by atoms with E-state index in [-0.39, 0.29) is 0 Å². The maximum absolute atomic E-state index is 9.00. The minimum atomic E-state index is -1.10. The van der Waals surface area contributed by atoms with Gasteiger partial charge in [-0.25, -0.2) is 0 Å². The maximum atomic E-state index is 9.00. The van der Waals surface area contributed by atoms with Crippen LogP contribution in [0.4, 0.5) is 0 Å². The summed E-state index contributed by atoms with van der Waals surface area (Å²) in [7, 11) is -1.10. The second-order valence-electron chi connectivity index (χ2n) is 5.07. The molecular weight excluding hydrogens is 275 g/mol. The molecule has 1 atom stereocenters. The normalized spacial score (nSPS) is 17.3. The van der Waals surface area contributed by atoms with Gasteiger partial charge in [0.1, 0.15) is 0 Å². The molecule has 7 nitrogen and oxygen atoms in total. The van der Waals surface area contributed by atoms with Crippen LogP contribution >= 0.6 is 0 Å². The average Bonchev–Trinajstić information content (AvgIpc) is 2.84. The van der Waals surface area contributed by atoms with Crippen LogP contribution < -0.4 is 5.73 Å². The summed E-state index contributed by atoms with van der Waals surface area (Å²) in [6, 6.07) is 0. The van der Waals surface area contributed by atoms with Gasteiger partial charge in [-0.05, 0) is 25.2 Å². The summed E-state index contributed by atoms with van der Waals surface area (Å²) >= 11 is 0. The van der Waals surface area contributed by atoms with Gasteiger partial charge in [-0.1, -0.05) is 19.8 Å². The van der Waals surface area contributed by atoms with E-state index in [1.54, 1.807) is 0 Å². The van der Waals surface area contributed by atoms with Crippen molar-refractivity contribution in [3.05, 3.63) is 0 Å². The Balaban J connectivity index is 0. The molecule has 0 aliphatic carbocycles. The van der Waals surface area contributed by atoms with E-state index in [1.807, 2.05) is 6.92 Å². The lowest BCUT2D eigenvalue weighted by molar-refractivity contribution is -0.134. The first-order valence-electron chi connectivity index (χ1n) is 7.46. The van der Waals surface area contributed by atoms with Crippen molar-refractivity contribution in [1.82, 2.24) is 4.90 Å². The Morgan fingerprint density at radius 2 is 2.00 bits per heavy atom. The van der Waals surface area contributed by atoms with Crippen LogP contribution in [0, 0.1) is 5.92 Å². The molecule has 0 amide bonds. The molecule has 21 heavy (non-hydrogen) atoms. The summed E-state index contributed by atoms with van der Waals surface area (Å²) in [6.45, 7) is 7.30. The number of aliphatic hydroxyl groups excluding tert-OH is 1. The maximum Gasteiger partial charge on any atom is 0.451 e. The van der Waals surface area contributed by atoms with E-state index >= 15 is 0 Å². The first-order chi connectivity index (χ1) is 9.87. The Labute approximate surface area is 127 Å². The van der Waals surface area contributed by atoms with E-state index in [1.165, 1.54) is 0 Å². The first kappa shape index (κ1) is 22.6. The van der Waals surface area contributed by atoms with Crippen molar-refractivity contribution in [3.63, 3.8) is 0 Å².